The Kier molecular flexibility index (Phi) is 8.52. The van der Waals surface area contributed by atoms with Gasteiger partial charge in [-0.3, -0.25) is 4.79 Å². The van der Waals surface area contributed by atoms with E-state index < -0.39 is 11.6 Å². The molecule has 0 bridgehead atoms. The third-order valence-corrected chi connectivity index (χ3v) is 5.08. The molecular formula is C22H35NO5. The highest BCUT2D eigenvalue weighted by Gasteiger charge is 2.26. The number of aromatic nitrogens is 1. The van der Waals surface area contributed by atoms with Crippen molar-refractivity contribution in [3.63, 3.8) is 0 Å². The van der Waals surface area contributed by atoms with E-state index in [1.165, 1.54) is 38.4 Å². The summed E-state index contributed by atoms with van der Waals surface area (Å²) in [7, 11) is 0. The molecule has 1 aliphatic carbocycles. The number of rotatable bonds is 9. The maximum absolute atomic E-state index is 12.4. The molecule has 1 heterocycles. The van der Waals surface area contributed by atoms with Crippen molar-refractivity contribution in [1.82, 2.24) is 4.98 Å². The van der Waals surface area contributed by atoms with Crippen molar-refractivity contribution in [1.29, 1.82) is 0 Å². The first-order chi connectivity index (χ1) is 13.3. The van der Waals surface area contributed by atoms with Gasteiger partial charge in [0.25, 0.3) is 0 Å². The average Bonchev–Trinajstić information content (AvgIpc) is 3.10. The van der Waals surface area contributed by atoms with E-state index in [1.807, 2.05) is 20.8 Å². The van der Waals surface area contributed by atoms with Crippen LogP contribution in [0.25, 0.3) is 0 Å². The van der Waals surface area contributed by atoms with Gasteiger partial charge in [-0.15, -0.1) is 0 Å². The van der Waals surface area contributed by atoms with E-state index in [4.69, 9.17) is 13.9 Å². The Morgan fingerprint density at radius 2 is 1.96 bits per heavy atom. The smallest absolute Gasteiger partial charge is 0.360 e. The standard InChI is InChI=1S/C22H35NO5/c1-5-26-21(25)18-15-27-20(23-18)17(14-19(24)28-22(2,3)4)13-9-12-16-10-7-6-8-11-16/h15-17H,5-14H2,1-4H3/t17-/m1/s1. The molecule has 0 saturated heterocycles. The summed E-state index contributed by atoms with van der Waals surface area (Å²) in [6, 6.07) is 0. The summed E-state index contributed by atoms with van der Waals surface area (Å²) < 4.78 is 16.0. The molecule has 2 rings (SSSR count). The minimum Gasteiger partial charge on any atom is -0.461 e. The van der Waals surface area contributed by atoms with Gasteiger partial charge < -0.3 is 13.9 Å². The lowest BCUT2D eigenvalue weighted by molar-refractivity contribution is -0.155. The van der Waals surface area contributed by atoms with Crippen molar-refractivity contribution in [3.05, 3.63) is 17.8 Å². The lowest BCUT2D eigenvalue weighted by Crippen LogP contribution is -2.25. The molecule has 0 amide bonds. The van der Waals surface area contributed by atoms with Crippen molar-refractivity contribution in [3.8, 4) is 0 Å². The molecule has 0 aliphatic heterocycles. The molecular weight excluding hydrogens is 358 g/mol. The van der Waals surface area contributed by atoms with Gasteiger partial charge in [0.05, 0.1) is 13.0 Å². The lowest BCUT2D eigenvalue weighted by Gasteiger charge is -2.23. The normalized spacial score (nSPS) is 16.6. The first kappa shape index (κ1) is 22.4. The highest BCUT2D eigenvalue weighted by molar-refractivity contribution is 5.86. The van der Waals surface area contributed by atoms with Crippen LogP contribution in [0.2, 0.25) is 0 Å². The van der Waals surface area contributed by atoms with E-state index >= 15 is 0 Å². The molecule has 1 fully saturated rings. The highest BCUT2D eigenvalue weighted by atomic mass is 16.6. The molecule has 1 atom stereocenters. The van der Waals surface area contributed by atoms with Crippen LogP contribution in [0.4, 0.5) is 0 Å². The Morgan fingerprint density at radius 3 is 2.61 bits per heavy atom. The van der Waals surface area contributed by atoms with E-state index in [2.05, 4.69) is 4.98 Å². The Hall–Kier alpha value is -1.85. The molecule has 1 aliphatic rings. The monoisotopic (exact) mass is 393 g/mol. The topological polar surface area (TPSA) is 78.6 Å². The van der Waals surface area contributed by atoms with Crippen LogP contribution in [0.3, 0.4) is 0 Å². The second-order valence-electron chi connectivity index (χ2n) is 8.71. The van der Waals surface area contributed by atoms with Crippen LogP contribution in [0.15, 0.2) is 10.7 Å². The lowest BCUT2D eigenvalue weighted by atomic mass is 9.84. The molecule has 158 valence electrons. The number of hydrogen-bond donors (Lipinski definition) is 0. The molecule has 0 radical (unpaired) electrons. The zero-order valence-corrected chi connectivity index (χ0v) is 17.8. The third kappa shape index (κ3) is 7.64. The van der Waals surface area contributed by atoms with Crippen molar-refractivity contribution < 1.29 is 23.5 Å². The SMILES string of the molecule is CCOC(=O)c1coc([C@H](CCCC2CCCCC2)CC(=O)OC(C)(C)C)n1. The van der Waals surface area contributed by atoms with Crippen LogP contribution in [-0.4, -0.2) is 29.1 Å². The Bertz CT molecular complexity index is 625. The Labute approximate surface area is 168 Å². The number of oxazole rings is 1. The summed E-state index contributed by atoms with van der Waals surface area (Å²) in [4.78, 5) is 28.5. The molecule has 1 aromatic rings. The third-order valence-electron chi connectivity index (χ3n) is 5.08. The predicted octanol–water partition coefficient (Wildman–Crippen LogP) is 5.42. The van der Waals surface area contributed by atoms with Gasteiger partial charge in [0, 0.05) is 5.92 Å². The second-order valence-corrected chi connectivity index (χ2v) is 8.71. The van der Waals surface area contributed by atoms with Gasteiger partial charge >= 0.3 is 11.9 Å². The minimum absolute atomic E-state index is 0.151. The van der Waals surface area contributed by atoms with Crippen molar-refractivity contribution >= 4 is 11.9 Å². The van der Waals surface area contributed by atoms with Crippen LogP contribution in [-0.2, 0) is 14.3 Å². The first-order valence-corrected chi connectivity index (χ1v) is 10.6. The van der Waals surface area contributed by atoms with Crippen LogP contribution >= 0.6 is 0 Å². The average molecular weight is 394 g/mol. The Morgan fingerprint density at radius 1 is 1.25 bits per heavy atom. The Balaban J connectivity index is 2.00. The van der Waals surface area contributed by atoms with E-state index in [-0.39, 0.29) is 30.6 Å². The molecule has 0 aromatic carbocycles. The fourth-order valence-corrected chi connectivity index (χ4v) is 3.80. The van der Waals surface area contributed by atoms with Crippen LogP contribution < -0.4 is 0 Å². The van der Waals surface area contributed by atoms with Crippen LogP contribution in [0, 0.1) is 5.92 Å². The van der Waals surface area contributed by atoms with Crippen molar-refractivity contribution in [2.45, 2.75) is 97.0 Å². The van der Waals surface area contributed by atoms with E-state index in [9.17, 15) is 9.59 Å². The maximum Gasteiger partial charge on any atom is 0.360 e. The number of hydrogen-bond acceptors (Lipinski definition) is 6. The summed E-state index contributed by atoms with van der Waals surface area (Å²) in [5, 5.41) is 0. The number of ether oxygens (including phenoxy) is 2. The van der Waals surface area contributed by atoms with E-state index in [1.54, 1.807) is 6.92 Å². The zero-order valence-electron chi connectivity index (χ0n) is 17.8. The van der Waals surface area contributed by atoms with Crippen molar-refractivity contribution in [2.75, 3.05) is 6.61 Å². The predicted molar refractivity (Wildman–Crippen MR) is 106 cm³/mol. The van der Waals surface area contributed by atoms with Gasteiger partial charge in [0.2, 0.25) is 0 Å². The van der Waals surface area contributed by atoms with Gasteiger partial charge in [-0.2, -0.15) is 0 Å². The molecule has 28 heavy (non-hydrogen) atoms. The number of carbonyl (C=O) groups excluding carboxylic acids is 2. The summed E-state index contributed by atoms with van der Waals surface area (Å²) in [5.74, 6) is 0.233. The number of esters is 2. The summed E-state index contributed by atoms with van der Waals surface area (Å²) >= 11 is 0. The van der Waals surface area contributed by atoms with E-state index in [0.717, 1.165) is 25.2 Å². The van der Waals surface area contributed by atoms with Gasteiger partial charge in [0.1, 0.15) is 11.9 Å². The molecule has 6 heteroatoms. The fourth-order valence-electron chi connectivity index (χ4n) is 3.80. The van der Waals surface area contributed by atoms with Crippen LogP contribution in [0.1, 0.15) is 108 Å². The van der Waals surface area contributed by atoms with Gasteiger partial charge in [0.15, 0.2) is 11.6 Å². The second kappa shape index (κ2) is 10.6. The summed E-state index contributed by atoms with van der Waals surface area (Å²) in [6.07, 6.45) is 11.1. The van der Waals surface area contributed by atoms with Gasteiger partial charge in [-0.1, -0.05) is 44.9 Å². The zero-order chi connectivity index (χ0) is 20.6. The number of nitrogens with zero attached hydrogens (tertiary/aromatic N) is 1. The largest absolute Gasteiger partial charge is 0.461 e. The molecule has 0 N–H and O–H groups in total. The summed E-state index contributed by atoms with van der Waals surface area (Å²) in [6.45, 7) is 7.59. The highest BCUT2D eigenvalue weighted by Crippen LogP contribution is 2.31. The van der Waals surface area contributed by atoms with E-state index in [0.29, 0.717) is 5.89 Å². The molecule has 1 saturated carbocycles. The maximum atomic E-state index is 12.4. The fraction of sp³-hybridized carbons (Fsp3) is 0.773. The van der Waals surface area contributed by atoms with Gasteiger partial charge in [-0.05, 0) is 40.0 Å². The molecule has 1 aromatic heterocycles. The summed E-state index contributed by atoms with van der Waals surface area (Å²) in [5.41, 5.74) is -0.380. The van der Waals surface area contributed by atoms with Crippen LogP contribution in [0.5, 0.6) is 0 Å². The van der Waals surface area contributed by atoms with Crippen molar-refractivity contribution in [2.24, 2.45) is 5.92 Å². The first-order valence-electron chi connectivity index (χ1n) is 10.6. The molecule has 0 unspecified atom stereocenters. The molecule has 6 nitrogen and oxygen atoms in total. The quantitative estimate of drug-likeness (QED) is 0.521. The minimum atomic E-state index is -0.531. The van der Waals surface area contributed by atoms with Gasteiger partial charge in [-0.25, -0.2) is 9.78 Å². The molecule has 0 spiro atoms. The number of carbonyl (C=O) groups is 2.